The normalized spacial score (nSPS) is 15.4. The molecule has 1 fully saturated rings. The van der Waals surface area contributed by atoms with Crippen LogP contribution in [0.3, 0.4) is 0 Å². The maximum absolute atomic E-state index is 5.89. The van der Waals surface area contributed by atoms with E-state index < -0.39 is 0 Å². The summed E-state index contributed by atoms with van der Waals surface area (Å²) in [7, 11) is 2.01. The lowest BCUT2D eigenvalue weighted by molar-refractivity contribution is 0.131. The summed E-state index contributed by atoms with van der Waals surface area (Å²) in [5, 5.41) is 0. The van der Waals surface area contributed by atoms with Crippen molar-refractivity contribution in [3.8, 4) is 0 Å². The lowest BCUT2D eigenvalue weighted by Crippen LogP contribution is -2.26. The van der Waals surface area contributed by atoms with Gasteiger partial charge in [-0.05, 0) is 18.8 Å². The summed E-state index contributed by atoms with van der Waals surface area (Å²) in [5.41, 5.74) is 5.78. The summed E-state index contributed by atoms with van der Waals surface area (Å²) in [6.07, 6.45) is 2.65. The van der Waals surface area contributed by atoms with Gasteiger partial charge in [-0.15, -0.1) is 0 Å². The first-order valence-electron chi connectivity index (χ1n) is 7.30. The lowest BCUT2D eigenvalue weighted by Gasteiger charge is -2.22. The maximum atomic E-state index is 5.89. The van der Waals surface area contributed by atoms with Gasteiger partial charge in [-0.2, -0.15) is 0 Å². The van der Waals surface area contributed by atoms with Crippen molar-refractivity contribution in [1.29, 1.82) is 0 Å². The van der Waals surface area contributed by atoms with Crippen LogP contribution in [0.4, 0.5) is 11.6 Å². The Bertz CT molecular complexity index is 452. The van der Waals surface area contributed by atoms with Crippen molar-refractivity contribution in [3.05, 3.63) is 11.9 Å². The summed E-state index contributed by atoms with van der Waals surface area (Å²) in [6, 6.07) is 1.82. The summed E-state index contributed by atoms with van der Waals surface area (Å²) in [4.78, 5) is 11.0. The van der Waals surface area contributed by atoms with Crippen LogP contribution >= 0.6 is 0 Å². The van der Waals surface area contributed by atoms with E-state index in [1.807, 2.05) is 13.1 Å². The first-order valence-corrected chi connectivity index (χ1v) is 7.30. The van der Waals surface area contributed by atoms with Crippen LogP contribution in [0.15, 0.2) is 6.07 Å². The SMILES string of the molecule is CN(CCOCC1CC1)c1cc(N)nc(C(C)(C)C)n1. The van der Waals surface area contributed by atoms with Gasteiger partial charge in [0, 0.05) is 31.7 Å². The Kier molecular flexibility index (Phi) is 4.48. The number of nitrogens with two attached hydrogens (primary N) is 1. The topological polar surface area (TPSA) is 64.3 Å². The molecular weight excluding hydrogens is 252 g/mol. The van der Waals surface area contributed by atoms with E-state index in [1.165, 1.54) is 12.8 Å². The zero-order chi connectivity index (χ0) is 14.8. The number of anilines is 2. The molecule has 0 unspecified atom stereocenters. The molecule has 1 aromatic rings. The third-order valence-corrected chi connectivity index (χ3v) is 3.42. The van der Waals surface area contributed by atoms with E-state index in [9.17, 15) is 0 Å². The smallest absolute Gasteiger partial charge is 0.138 e. The summed E-state index contributed by atoms with van der Waals surface area (Å²) in [6.45, 7) is 8.69. The first-order chi connectivity index (χ1) is 9.36. The molecule has 1 aromatic heterocycles. The number of likely N-dealkylation sites (N-methyl/N-ethyl adjacent to an activating group) is 1. The van der Waals surface area contributed by atoms with Crippen LogP contribution in [0.5, 0.6) is 0 Å². The minimum absolute atomic E-state index is 0.104. The van der Waals surface area contributed by atoms with Gasteiger partial charge in [-0.1, -0.05) is 20.8 Å². The number of rotatable bonds is 6. The Morgan fingerprint density at radius 3 is 2.65 bits per heavy atom. The Balaban J connectivity index is 1.93. The van der Waals surface area contributed by atoms with Crippen LogP contribution in [0.1, 0.15) is 39.4 Å². The number of hydrogen-bond donors (Lipinski definition) is 1. The van der Waals surface area contributed by atoms with Gasteiger partial charge in [0.05, 0.1) is 6.61 Å². The highest BCUT2D eigenvalue weighted by molar-refractivity contribution is 5.47. The van der Waals surface area contributed by atoms with Gasteiger partial charge in [-0.3, -0.25) is 0 Å². The molecule has 112 valence electrons. The van der Waals surface area contributed by atoms with Crippen molar-refractivity contribution in [2.24, 2.45) is 5.92 Å². The predicted octanol–water partition coefficient (Wildman–Crippen LogP) is 2.22. The van der Waals surface area contributed by atoms with Crippen molar-refractivity contribution < 1.29 is 4.74 Å². The van der Waals surface area contributed by atoms with E-state index in [4.69, 9.17) is 10.5 Å². The molecule has 1 aliphatic carbocycles. The highest BCUT2D eigenvalue weighted by Gasteiger charge is 2.21. The second-order valence-electron chi connectivity index (χ2n) is 6.66. The molecule has 1 aliphatic rings. The molecule has 0 atom stereocenters. The minimum Gasteiger partial charge on any atom is -0.384 e. The number of hydrogen-bond acceptors (Lipinski definition) is 5. The number of ether oxygens (including phenoxy) is 1. The van der Waals surface area contributed by atoms with Crippen LogP contribution in [-0.2, 0) is 10.2 Å². The molecule has 5 nitrogen and oxygen atoms in total. The van der Waals surface area contributed by atoms with Crippen LogP contribution in [-0.4, -0.2) is 36.8 Å². The first kappa shape index (κ1) is 15.0. The Hall–Kier alpha value is -1.36. The summed E-state index contributed by atoms with van der Waals surface area (Å²) < 4.78 is 5.66. The second kappa shape index (κ2) is 5.95. The highest BCUT2D eigenvalue weighted by atomic mass is 16.5. The summed E-state index contributed by atoms with van der Waals surface area (Å²) >= 11 is 0. The van der Waals surface area contributed by atoms with Gasteiger partial charge in [-0.25, -0.2) is 9.97 Å². The maximum Gasteiger partial charge on any atom is 0.138 e. The number of aromatic nitrogens is 2. The van der Waals surface area contributed by atoms with E-state index in [2.05, 4.69) is 35.6 Å². The third-order valence-electron chi connectivity index (χ3n) is 3.42. The zero-order valence-electron chi connectivity index (χ0n) is 13.0. The molecule has 0 saturated heterocycles. The molecule has 0 aliphatic heterocycles. The standard InChI is InChI=1S/C15H26N4O/c1-15(2,3)14-17-12(16)9-13(18-14)19(4)7-8-20-10-11-5-6-11/h9,11H,5-8,10H2,1-4H3,(H2,16,17,18). The van der Waals surface area contributed by atoms with Gasteiger partial charge in [0.25, 0.3) is 0 Å². The second-order valence-corrected chi connectivity index (χ2v) is 6.66. The Labute approximate surface area is 121 Å². The molecule has 5 heteroatoms. The largest absolute Gasteiger partial charge is 0.384 e. The van der Waals surface area contributed by atoms with Crippen LogP contribution in [0.25, 0.3) is 0 Å². The van der Waals surface area contributed by atoms with E-state index in [0.29, 0.717) is 5.82 Å². The fourth-order valence-corrected chi connectivity index (χ4v) is 1.83. The molecule has 1 saturated carbocycles. The number of nitrogens with zero attached hydrogens (tertiary/aromatic N) is 3. The van der Waals surface area contributed by atoms with Crippen LogP contribution in [0, 0.1) is 5.92 Å². The lowest BCUT2D eigenvalue weighted by atomic mass is 9.96. The number of nitrogen functional groups attached to an aromatic ring is 1. The van der Waals surface area contributed by atoms with Gasteiger partial charge in [0.15, 0.2) is 0 Å². The predicted molar refractivity (Wildman–Crippen MR) is 82.0 cm³/mol. The summed E-state index contributed by atoms with van der Waals surface area (Å²) in [5.74, 6) is 2.96. The van der Waals surface area contributed by atoms with Crippen molar-refractivity contribution >= 4 is 11.6 Å². The van der Waals surface area contributed by atoms with Crippen LogP contribution in [0.2, 0.25) is 0 Å². The van der Waals surface area contributed by atoms with Crippen molar-refractivity contribution in [1.82, 2.24) is 9.97 Å². The fraction of sp³-hybridized carbons (Fsp3) is 0.733. The zero-order valence-corrected chi connectivity index (χ0v) is 13.0. The minimum atomic E-state index is -0.104. The van der Waals surface area contributed by atoms with Crippen molar-refractivity contribution in [3.63, 3.8) is 0 Å². The van der Waals surface area contributed by atoms with Gasteiger partial charge in [0.1, 0.15) is 17.5 Å². The fourth-order valence-electron chi connectivity index (χ4n) is 1.83. The third kappa shape index (κ3) is 4.34. The molecule has 1 heterocycles. The Morgan fingerprint density at radius 2 is 2.05 bits per heavy atom. The molecule has 20 heavy (non-hydrogen) atoms. The van der Waals surface area contributed by atoms with E-state index in [-0.39, 0.29) is 5.41 Å². The average Bonchev–Trinajstić information content (AvgIpc) is 3.16. The van der Waals surface area contributed by atoms with Gasteiger partial charge >= 0.3 is 0 Å². The molecule has 0 bridgehead atoms. The van der Waals surface area contributed by atoms with E-state index >= 15 is 0 Å². The van der Waals surface area contributed by atoms with E-state index in [0.717, 1.165) is 37.3 Å². The van der Waals surface area contributed by atoms with Gasteiger partial charge in [0.2, 0.25) is 0 Å². The molecule has 2 N–H and O–H groups in total. The Morgan fingerprint density at radius 1 is 1.35 bits per heavy atom. The highest BCUT2D eigenvalue weighted by Crippen LogP contribution is 2.28. The molecular formula is C15H26N4O. The van der Waals surface area contributed by atoms with Crippen LogP contribution < -0.4 is 10.6 Å². The molecule has 0 amide bonds. The molecule has 0 aromatic carbocycles. The van der Waals surface area contributed by atoms with E-state index in [1.54, 1.807) is 0 Å². The van der Waals surface area contributed by atoms with Gasteiger partial charge < -0.3 is 15.4 Å². The van der Waals surface area contributed by atoms with Crippen molar-refractivity contribution in [2.75, 3.05) is 37.4 Å². The monoisotopic (exact) mass is 278 g/mol. The average molecular weight is 278 g/mol. The molecule has 0 spiro atoms. The van der Waals surface area contributed by atoms with Crippen molar-refractivity contribution in [2.45, 2.75) is 39.0 Å². The quantitative estimate of drug-likeness (QED) is 0.808. The molecule has 0 radical (unpaired) electrons. The molecule has 2 rings (SSSR count).